The molecule has 1 amide bonds. The van der Waals surface area contributed by atoms with Gasteiger partial charge in [0.2, 0.25) is 0 Å². The summed E-state index contributed by atoms with van der Waals surface area (Å²) in [7, 11) is -2.27. The Kier molecular flexibility index (Phi) is 7.67. The number of hydrogen-bond acceptors (Lipinski definition) is 6. The normalized spacial score (nSPS) is 13.9. The summed E-state index contributed by atoms with van der Waals surface area (Å²) in [5, 5.41) is 0.685. The molecule has 0 aliphatic carbocycles. The van der Waals surface area contributed by atoms with E-state index in [9.17, 15) is 13.2 Å². The lowest BCUT2D eigenvalue weighted by molar-refractivity contribution is -0.133. The molecule has 1 aliphatic heterocycles. The highest BCUT2D eigenvalue weighted by atomic mass is 35.5. The third kappa shape index (κ3) is 6.37. The molecule has 0 saturated carbocycles. The Labute approximate surface area is 210 Å². The van der Waals surface area contributed by atoms with Gasteiger partial charge < -0.3 is 19.3 Å². The van der Waals surface area contributed by atoms with Crippen LogP contribution in [0, 0.1) is 0 Å². The molecule has 4 rings (SSSR count). The van der Waals surface area contributed by atoms with E-state index >= 15 is 0 Å². The molecule has 3 aromatic carbocycles. The molecular weight excluding hydrogens is 490 g/mol. The maximum absolute atomic E-state index is 12.7. The van der Waals surface area contributed by atoms with Crippen molar-refractivity contribution in [3.05, 3.63) is 77.8 Å². The van der Waals surface area contributed by atoms with Crippen LogP contribution in [0.15, 0.2) is 77.7 Å². The topological polar surface area (TPSA) is 88.2 Å². The van der Waals surface area contributed by atoms with E-state index in [-0.39, 0.29) is 17.4 Å². The van der Waals surface area contributed by atoms with Crippen molar-refractivity contribution in [2.45, 2.75) is 4.90 Å². The number of hydrogen-bond donors (Lipinski definition) is 1. The van der Waals surface area contributed by atoms with Crippen molar-refractivity contribution in [3.63, 3.8) is 0 Å². The Morgan fingerprint density at radius 3 is 2.34 bits per heavy atom. The van der Waals surface area contributed by atoms with Crippen molar-refractivity contribution in [3.8, 4) is 11.5 Å². The number of piperazine rings is 1. The molecule has 10 heteroatoms. The van der Waals surface area contributed by atoms with Crippen LogP contribution in [0.5, 0.6) is 11.5 Å². The molecule has 0 radical (unpaired) electrons. The minimum absolute atomic E-state index is 0.0798. The summed E-state index contributed by atoms with van der Waals surface area (Å²) in [6, 6.07) is 20.3. The number of carbonyl (C=O) groups excluding carboxylic acids is 1. The quantitative estimate of drug-likeness (QED) is 0.490. The summed E-state index contributed by atoms with van der Waals surface area (Å²) >= 11 is 6.08. The molecule has 1 heterocycles. The number of halogens is 1. The fourth-order valence-corrected chi connectivity index (χ4v) is 4.97. The van der Waals surface area contributed by atoms with Crippen LogP contribution >= 0.6 is 11.6 Å². The molecule has 0 atom stereocenters. The molecule has 0 bridgehead atoms. The van der Waals surface area contributed by atoms with Crippen LogP contribution < -0.4 is 19.1 Å². The van der Waals surface area contributed by atoms with Crippen molar-refractivity contribution in [2.24, 2.45) is 0 Å². The summed E-state index contributed by atoms with van der Waals surface area (Å²) in [4.78, 5) is 16.6. The number of sulfonamides is 1. The minimum atomic E-state index is -3.78. The fourth-order valence-electron chi connectivity index (χ4n) is 3.74. The zero-order valence-corrected chi connectivity index (χ0v) is 20.8. The first-order chi connectivity index (χ1) is 16.8. The monoisotopic (exact) mass is 515 g/mol. The van der Waals surface area contributed by atoms with E-state index in [4.69, 9.17) is 21.1 Å². The number of rotatable bonds is 8. The number of ether oxygens (including phenoxy) is 2. The third-order valence-corrected chi connectivity index (χ3v) is 7.26. The highest BCUT2D eigenvalue weighted by Gasteiger charge is 2.22. The predicted molar refractivity (Wildman–Crippen MR) is 136 cm³/mol. The average Bonchev–Trinajstić information content (AvgIpc) is 2.87. The molecular formula is C25H26ClN3O5S. The second-order valence-corrected chi connectivity index (χ2v) is 10.1. The largest absolute Gasteiger partial charge is 0.497 e. The second-order valence-electron chi connectivity index (χ2n) is 7.95. The molecule has 1 saturated heterocycles. The third-order valence-electron chi connectivity index (χ3n) is 5.62. The van der Waals surface area contributed by atoms with Crippen LogP contribution in [-0.4, -0.2) is 59.1 Å². The Morgan fingerprint density at radius 2 is 1.66 bits per heavy atom. The zero-order chi connectivity index (χ0) is 24.8. The molecule has 1 aliphatic rings. The van der Waals surface area contributed by atoms with E-state index in [0.29, 0.717) is 48.4 Å². The molecule has 3 aromatic rings. The van der Waals surface area contributed by atoms with Crippen LogP contribution in [0.4, 0.5) is 11.4 Å². The fraction of sp³-hybridized carbons (Fsp3) is 0.240. The summed E-state index contributed by atoms with van der Waals surface area (Å²) < 4.78 is 38.6. The SMILES string of the molecule is COc1cccc(NS(=O)(=O)c2ccc(OCC(=O)N3CCN(c4cccc(Cl)c4)CC3)cc2)c1. The van der Waals surface area contributed by atoms with Crippen molar-refractivity contribution in [1.29, 1.82) is 0 Å². The van der Waals surface area contributed by atoms with Crippen LogP contribution in [0.2, 0.25) is 5.02 Å². The Hall–Kier alpha value is -3.43. The van der Waals surface area contributed by atoms with Gasteiger partial charge in [0.15, 0.2) is 6.61 Å². The lowest BCUT2D eigenvalue weighted by Crippen LogP contribution is -2.50. The van der Waals surface area contributed by atoms with Crippen LogP contribution in [0.1, 0.15) is 0 Å². The lowest BCUT2D eigenvalue weighted by Gasteiger charge is -2.36. The average molecular weight is 516 g/mol. The Morgan fingerprint density at radius 1 is 0.943 bits per heavy atom. The van der Waals surface area contributed by atoms with Gasteiger partial charge in [-0.25, -0.2) is 8.42 Å². The maximum atomic E-state index is 12.7. The molecule has 0 spiro atoms. The van der Waals surface area contributed by atoms with Gasteiger partial charge in [0.1, 0.15) is 11.5 Å². The first-order valence-electron chi connectivity index (χ1n) is 11.0. The standard InChI is InChI=1S/C25H26ClN3O5S/c1-33-23-7-3-5-20(17-23)27-35(31,32)24-10-8-22(9-11-24)34-18-25(30)29-14-12-28(13-15-29)21-6-2-4-19(26)16-21/h2-11,16-17,27H,12-15,18H2,1H3. The number of nitrogens with one attached hydrogen (secondary N) is 1. The van der Waals surface area contributed by atoms with Gasteiger partial charge in [0, 0.05) is 43.0 Å². The van der Waals surface area contributed by atoms with Gasteiger partial charge in [-0.2, -0.15) is 0 Å². The molecule has 1 fully saturated rings. The molecule has 0 aromatic heterocycles. The van der Waals surface area contributed by atoms with Gasteiger partial charge in [0.05, 0.1) is 17.7 Å². The molecule has 184 valence electrons. The number of anilines is 2. The molecule has 35 heavy (non-hydrogen) atoms. The number of benzene rings is 3. The van der Waals surface area contributed by atoms with Crippen molar-refractivity contribution < 1.29 is 22.7 Å². The summed E-state index contributed by atoms with van der Waals surface area (Å²) in [5.74, 6) is 0.841. The minimum Gasteiger partial charge on any atom is -0.497 e. The van der Waals surface area contributed by atoms with Gasteiger partial charge in [-0.3, -0.25) is 9.52 Å². The zero-order valence-electron chi connectivity index (χ0n) is 19.2. The molecule has 8 nitrogen and oxygen atoms in total. The molecule has 0 unspecified atom stereocenters. The Bertz CT molecular complexity index is 1280. The highest BCUT2D eigenvalue weighted by Crippen LogP contribution is 2.23. The van der Waals surface area contributed by atoms with Crippen molar-refractivity contribution in [2.75, 3.05) is 49.5 Å². The summed E-state index contributed by atoms with van der Waals surface area (Å²) in [6.45, 7) is 2.47. The number of methoxy groups -OCH3 is 1. The van der Waals surface area contributed by atoms with Crippen molar-refractivity contribution >= 4 is 38.9 Å². The van der Waals surface area contributed by atoms with Gasteiger partial charge in [-0.1, -0.05) is 23.7 Å². The first-order valence-corrected chi connectivity index (χ1v) is 12.9. The van der Waals surface area contributed by atoms with Crippen molar-refractivity contribution in [1.82, 2.24) is 4.90 Å². The van der Waals surface area contributed by atoms with E-state index in [1.54, 1.807) is 29.2 Å². The number of carbonyl (C=O) groups is 1. The second kappa shape index (κ2) is 10.9. The van der Waals surface area contributed by atoms with Crippen LogP contribution in [0.25, 0.3) is 0 Å². The predicted octanol–water partition coefficient (Wildman–Crippen LogP) is 3.88. The van der Waals surface area contributed by atoms with Crippen LogP contribution in [0.3, 0.4) is 0 Å². The van der Waals surface area contributed by atoms with E-state index in [2.05, 4.69) is 9.62 Å². The smallest absolute Gasteiger partial charge is 0.261 e. The lowest BCUT2D eigenvalue weighted by atomic mass is 10.2. The van der Waals surface area contributed by atoms with Gasteiger partial charge >= 0.3 is 0 Å². The summed E-state index contributed by atoms with van der Waals surface area (Å²) in [5.41, 5.74) is 1.43. The Balaban J connectivity index is 1.28. The molecule has 1 N–H and O–H groups in total. The summed E-state index contributed by atoms with van der Waals surface area (Å²) in [6.07, 6.45) is 0. The van der Waals surface area contributed by atoms with E-state index in [1.807, 2.05) is 24.3 Å². The van der Waals surface area contributed by atoms with E-state index < -0.39 is 10.0 Å². The van der Waals surface area contributed by atoms with Crippen LogP contribution in [-0.2, 0) is 14.8 Å². The number of amides is 1. The first kappa shape index (κ1) is 24.7. The van der Waals surface area contributed by atoms with Gasteiger partial charge in [-0.05, 0) is 54.6 Å². The van der Waals surface area contributed by atoms with Gasteiger partial charge in [-0.15, -0.1) is 0 Å². The number of nitrogens with zero attached hydrogens (tertiary/aromatic N) is 2. The highest BCUT2D eigenvalue weighted by molar-refractivity contribution is 7.92. The van der Waals surface area contributed by atoms with Gasteiger partial charge in [0.25, 0.3) is 15.9 Å². The van der Waals surface area contributed by atoms with E-state index in [1.165, 1.54) is 31.4 Å². The van der Waals surface area contributed by atoms with E-state index in [0.717, 1.165) is 5.69 Å². The maximum Gasteiger partial charge on any atom is 0.261 e.